The summed E-state index contributed by atoms with van der Waals surface area (Å²) in [5.74, 6) is 0.879. The molecular formula is C14H13N3O. The summed E-state index contributed by atoms with van der Waals surface area (Å²) in [5.41, 5.74) is 1.52. The van der Waals surface area contributed by atoms with Crippen molar-refractivity contribution in [2.75, 3.05) is 5.32 Å². The highest BCUT2D eigenvalue weighted by Gasteiger charge is 2.06. The first-order valence-electron chi connectivity index (χ1n) is 5.60. The number of anilines is 1. The van der Waals surface area contributed by atoms with Gasteiger partial charge in [0.05, 0.1) is 17.7 Å². The first-order valence-corrected chi connectivity index (χ1v) is 5.60. The molecule has 1 atom stereocenters. The molecule has 0 aliphatic heterocycles. The fourth-order valence-corrected chi connectivity index (χ4v) is 1.68. The minimum atomic E-state index is -0.00135. The van der Waals surface area contributed by atoms with Crippen molar-refractivity contribution in [3.8, 4) is 11.8 Å². The zero-order chi connectivity index (χ0) is 13.0. The fraction of sp³-hybridized carbons (Fsp3) is 0.143. The maximum absolute atomic E-state index is 9.42. The molecule has 0 bridgehead atoms. The number of pyridine rings is 1. The van der Waals surface area contributed by atoms with Crippen LogP contribution in [0.1, 0.15) is 24.1 Å². The highest BCUT2D eigenvalue weighted by molar-refractivity contribution is 5.44. The molecule has 0 fully saturated rings. The predicted molar refractivity (Wildman–Crippen MR) is 69.1 cm³/mol. The minimum absolute atomic E-state index is 0.00135. The molecule has 4 nitrogen and oxygen atoms in total. The Balaban J connectivity index is 2.16. The lowest BCUT2D eigenvalue weighted by Gasteiger charge is -2.15. The number of phenolic OH excluding ortho intramolecular Hbond substituents is 1. The van der Waals surface area contributed by atoms with Gasteiger partial charge in [-0.3, -0.25) is 0 Å². The van der Waals surface area contributed by atoms with Gasteiger partial charge in [-0.15, -0.1) is 0 Å². The molecule has 0 aliphatic carbocycles. The van der Waals surface area contributed by atoms with Crippen LogP contribution in [-0.2, 0) is 0 Å². The largest absolute Gasteiger partial charge is 0.508 e. The highest BCUT2D eigenvalue weighted by Crippen LogP contribution is 2.21. The van der Waals surface area contributed by atoms with Crippen LogP contribution in [0.2, 0.25) is 0 Å². The van der Waals surface area contributed by atoms with Gasteiger partial charge in [-0.1, -0.05) is 12.1 Å². The smallest absolute Gasteiger partial charge is 0.127 e. The number of rotatable bonds is 3. The molecule has 18 heavy (non-hydrogen) atoms. The van der Waals surface area contributed by atoms with Gasteiger partial charge in [-0.2, -0.15) is 5.26 Å². The van der Waals surface area contributed by atoms with Crippen LogP contribution in [0.15, 0.2) is 42.6 Å². The summed E-state index contributed by atoms with van der Waals surface area (Å²) < 4.78 is 0. The van der Waals surface area contributed by atoms with Gasteiger partial charge in [-0.05, 0) is 36.8 Å². The number of benzene rings is 1. The minimum Gasteiger partial charge on any atom is -0.508 e. The van der Waals surface area contributed by atoms with Crippen molar-refractivity contribution in [2.24, 2.45) is 0 Å². The van der Waals surface area contributed by atoms with Gasteiger partial charge in [0, 0.05) is 6.20 Å². The summed E-state index contributed by atoms with van der Waals surface area (Å²) in [4.78, 5) is 4.15. The third-order valence-electron chi connectivity index (χ3n) is 2.62. The average molecular weight is 239 g/mol. The van der Waals surface area contributed by atoms with E-state index in [0.29, 0.717) is 11.4 Å². The molecule has 1 aromatic heterocycles. The van der Waals surface area contributed by atoms with Gasteiger partial charge in [0.1, 0.15) is 11.6 Å². The van der Waals surface area contributed by atoms with Crippen molar-refractivity contribution < 1.29 is 5.11 Å². The topological polar surface area (TPSA) is 68.9 Å². The summed E-state index contributed by atoms with van der Waals surface area (Å²) >= 11 is 0. The first kappa shape index (κ1) is 11.9. The van der Waals surface area contributed by atoms with Crippen molar-refractivity contribution in [2.45, 2.75) is 13.0 Å². The summed E-state index contributed by atoms with van der Waals surface area (Å²) in [6.07, 6.45) is 1.59. The van der Waals surface area contributed by atoms with E-state index in [0.717, 1.165) is 5.56 Å². The zero-order valence-electron chi connectivity index (χ0n) is 9.96. The third kappa shape index (κ3) is 2.77. The lowest BCUT2D eigenvalue weighted by atomic mass is 10.1. The second-order valence-corrected chi connectivity index (χ2v) is 4.00. The molecule has 0 saturated heterocycles. The van der Waals surface area contributed by atoms with E-state index in [2.05, 4.69) is 16.4 Å². The van der Waals surface area contributed by atoms with Gasteiger partial charge >= 0.3 is 0 Å². The average Bonchev–Trinajstić information content (AvgIpc) is 2.39. The quantitative estimate of drug-likeness (QED) is 0.864. The zero-order valence-corrected chi connectivity index (χ0v) is 9.96. The molecule has 0 radical (unpaired) electrons. The van der Waals surface area contributed by atoms with Crippen LogP contribution in [0, 0.1) is 11.3 Å². The predicted octanol–water partition coefficient (Wildman–Crippen LogP) is 2.83. The van der Waals surface area contributed by atoms with E-state index in [1.165, 1.54) is 0 Å². The maximum atomic E-state index is 9.42. The van der Waals surface area contributed by atoms with Crippen LogP contribution in [0.3, 0.4) is 0 Å². The Morgan fingerprint density at radius 3 is 2.89 bits per heavy atom. The standard InChI is InChI=1S/C14H13N3O/c1-10(12-3-2-4-13(18)8-12)17-14-7-11(9-15)5-6-16-14/h2-8,10,18H,1H3,(H,16,17)/t10-/m1/s1. The Labute approximate surface area is 106 Å². The van der Waals surface area contributed by atoms with Gasteiger partial charge in [0.2, 0.25) is 0 Å². The molecular weight excluding hydrogens is 226 g/mol. The molecule has 90 valence electrons. The molecule has 2 rings (SSSR count). The van der Waals surface area contributed by atoms with Gasteiger partial charge in [0.25, 0.3) is 0 Å². The molecule has 1 aromatic carbocycles. The lowest BCUT2D eigenvalue weighted by Crippen LogP contribution is -2.07. The first-order chi connectivity index (χ1) is 8.69. The van der Waals surface area contributed by atoms with E-state index in [4.69, 9.17) is 5.26 Å². The van der Waals surface area contributed by atoms with Crippen molar-refractivity contribution in [3.63, 3.8) is 0 Å². The highest BCUT2D eigenvalue weighted by atomic mass is 16.3. The molecule has 4 heteroatoms. The third-order valence-corrected chi connectivity index (χ3v) is 2.62. The summed E-state index contributed by atoms with van der Waals surface area (Å²) in [7, 11) is 0. The second kappa shape index (κ2) is 5.19. The number of aromatic hydroxyl groups is 1. The van der Waals surface area contributed by atoms with Crippen LogP contribution >= 0.6 is 0 Å². The van der Waals surface area contributed by atoms with Crippen molar-refractivity contribution in [3.05, 3.63) is 53.7 Å². The Morgan fingerprint density at radius 2 is 2.17 bits per heavy atom. The van der Waals surface area contributed by atoms with Gasteiger partial charge in [0.15, 0.2) is 0 Å². The molecule has 0 saturated carbocycles. The van der Waals surface area contributed by atoms with Crippen molar-refractivity contribution >= 4 is 5.82 Å². The maximum Gasteiger partial charge on any atom is 0.127 e. The van der Waals surface area contributed by atoms with Crippen molar-refractivity contribution in [1.82, 2.24) is 4.98 Å². The number of hydrogen-bond donors (Lipinski definition) is 2. The van der Waals surface area contributed by atoms with Crippen LogP contribution in [0.4, 0.5) is 5.82 Å². The van der Waals surface area contributed by atoms with E-state index in [1.54, 1.807) is 36.5 Å². The van der Waals surface area contributed by atoms with E-state index in [9.17, 15) is 5.11 Å². The van der Waals surface area contributed by atoms with Gasteiger partial charge < -0.3 is 10.4 Å². The van der Waals surface area contributed by atoms with Crippen molar-refractivity contribution in [1.29, 1.82) is 5.26 Å². The normalized spacial score (nSPS) is 11.6. The number of aromatic nitrogens is 1. The Hall–Kier alpha value is -2.54. The lowest BCUT2D eigenvalue weighted by molar-refractivity contribution is 0.474. The number of nitrogens with zero attached hydrogens (tertiary/aromatic N) is 2. The van der Waals surface area contributed by atoms with Crippen LogP contribution in [-0.4, -0.2) is 10.1 Å². The summed E-state index contributed by atoms with van der Waals surface area (Å²) in [6, 6.07) is 12.5. The Kier molecular flexibility index (Phi) is 3.44. The number of phenols is 1. The van der Waals surface area contributed by atoms with Gasteiger partial charge in [-0.25, -0.2) is 4.98 Å². The van der Waals surface area contributed by atoms with Crippen LogP contribution in [0.25, 0.3) is 0 Å². The molecule has 0 unspecified atom stereocenters. The molecule has 0 spiro atoms. The number of nitriles is 1. The summed E-state index contributed by atoms with van der Waals surface area (Å²) in [6.45, 7) is 1.97. The molecule has 1 heterocycles. The van der Waals surface area contributed by atoms with E-state index >= 15 is 0 Å². The van der Waals surface area contributed by atoms with E-state index < -0.39 is 0 Å². The fourth-order valence-electron chi connectivity index (χ4n) is 1.68. The van der Waals surface area contributed by atoms with Crippen LogP contribution in [0.5, 0.6) is 5.75 Å². The van der Waals surface area contributed by atoms with E-state index in [-0.39, 0.29) is 11.8 Å². The SMILES string of the molecule is C[C@@H](Nc1cc(C#N)ccn1)c1cccc(O)c1. The summed E-state index contributed by atoms with van der Waals surface area (Å²) in [5, 5.41) is 21.4. The molecule has 2 aromatic rings. The molecule has 0 amide bonds. The Morgan fingerprint density at radius 1 is 1.33 bits per heavy atom. The number of hydrogen-bond acceptors (Lipinski definition) is 4. The molecule has 2 N–H and O–H groups in total. The van der Waals surface area contributed by atoms with Crippen LogP contribution < -0.4 is 5.32 Å². The molecule has 0 aliphatic rings. The Bertz CT molecular complexity index is 590. The number of nitrogens with one attached hydrogen (secondary N) is 1. The monoisotopic (exact) mass is 239 g/mol. The van der Waals surface area contributed by atoms with E-state index in [1.807, 2.05) is 13.0 Å². The second-order valence-electron chi connectivity index (χ2n) is 4.00.